The summed E-state index contributed by atoms with van der Waals surface area (Å²) in [5.41, 5.74) is 0.236. The molecule has 112 valence electrons. The maximum Gasteiger partial charge on any atom is 0.573 e. The van der Waals surface area contributed by atoms with E-state index in [9.17, 15) is 23.4 Å². The Bertz CT molecular complexity index is 642. The largest absolute Gasteiger partial charge is 0.573 e. The first-order chi connectivity index (χ1) is 9.83. The fraction of sp³-hybridized carbons (Fsp3) is 0.143. The third-order valence-corrected chi connectivity index (χ3v) is 3.50. The van der Waals surface area contributed by atoms with Crippen molar-refractivity contribution in [1.29, 1.82) is 0 Å². The van der Waals surface area contributed by atoms with Crippen molar-refractivity contribution in [2.24, 2.45) is 0 Å². The minimum Gasteiger partial charge on any atom is -0.506 e. The van der Waals surface area contributed by atoms with Crippen molar-refractivity contribution in [3.63, 3.8) is 0 Å². The molecule has 3 nitrogen and oxygen atoms in total. The van der Waals surface area contributed by atoms with Gasteiger partial charge in [0.25, 0.3) is 0 Å². The number of phenolic OH excluding ortho intramolecular Hbond substituents is 2. The smallest absolute Gasteiger partial charge is 0.506 e. The Balaban J connectivity index is 2.69. The summed E-state index contributed by atoms with van der Waals surface area (Å²) in [7, 11) is 0. The number of benzene rings is 2. The molecule has 2 aromatic rings. The highest BCUT2D eigenvalue weighted by atomic mass is 32.2. The molecular formula is C14H11F3O3S. The molecule has 0 saturated carbocycles. The number of rotatable bonds is 3. The monoisotopic (exact) mass is 316 g/mol. The van der Waals surface area contributed by atoms with Gasteiger partial charge in [-0.1, -0.05) is 30.3 Å². The molecule has 2 rings (SSSR count). The molecule has 0 aliphatic rings. The van der Waals surface area contributed by atoms with E-state index in [1.165, 1.54) is 0 Å². The van der Waals surface area contributed by atoms with Gasteiger partial charge in [-0.15, -0.1) is 24.9 Å². The van der Waals surface area contributed by atoms with E-state index in [-0.39, 0.29) is 10.5 Å². The maximum atomic E-state index is 12.5. The summed E-state index contributed by atoms with van der Waals surface area (Å²) in [5.74, 6) is -1.58. The van der Waals surface area contributed by atoms with Crippen molar-refractivity contribution in [3.8, 4) is 28.4 Å². The average molecular weight is 316 g/mol. The minimum atomic E-state index is -4.93. The van der Waals surface area contributed by atoms with Gasteiger partial charge in [0.1, 0.15) is 17.2 Å². The number of aromatic hydroxyl groups is 2. The maximum absolute atomic E-state index is 12.5. The number of alkyl halides is 3. The van der Waals surface area contributed by atoms with Crippen LogP contribution >= 0.6 is 11.8 Å². The zero-order chi connectivity index (χ0) is 15.6. The van der Waals surface area contributed by atoms with Crippen LogP contribution in [0, 0.1) is 0 Å². The van der Waals surface area contributed by atoms with E-state index in [0.29, 0.717) is 5.56 Å². The highest BCUT2D eigenvalue weighted by molar-refractivity contribution is 7.98. The molecule has 0 fully saturated rings. The van der Waals surface area contributed by atoms with Gasteiger partial charge in [-0.05, 0) is 11.8 Å². The molecule has 0 heterocycles. The van der Waals surface area contributed by atoms with Gasteiger partial charge in [0, 0.05) is 6.07 Å². The summed E-state index contributed by atoms with van der Waals surface area (Å²) >= 11 is 1.02. The lowest BCUT2D eigenvalue weighted by atomic mass is 10.0. The zero-order valence-corrected chi connectivity index (χ0v) is 11.6. The van der Waals surface area contributed by atoms with Gasteiger partial charge in [-0.2, -0.15) is 0 Å². The quantitative estimate of drug-likeness (QED) is 0.825. The Morgan fingerprint density at radius 3 is 2.24 bits per heavy atom. The molecular weight excluding hydrogens is 305 g/mol. The Morgan fingerprint density at radius 1 is 1.10 bits per heavy atom. The summed E-state index contributed by atoms with van der Waals surface area (Å²) in [6.07, 6.45) is -3.34. The van der Waals surface area contributed by atoms with Gasteiger partial charge < -0.3 is 14.9 Å². The molecule has 0 spiro atoms. The first-order valence-electron chi connectivity index (χ1n) is 5.77. The Hall–Kier alpha value is -2.02. The first-order valence-corrected chi connectivity index (χ1v) is 7.00. The molecule has 2 N–H and O–H groups in total. The van der Waals surface area contributed by atoms with E-state index in [1.54, 1.807) is 36.6 Å². The summed E-state index contributed by atoms with van der Waals surface area (Å²) in [6, 6.07) is 8.87. The summed E-state index contributed by atoms with van der Waals surface area (Å²) < 4.78 is 41.4. The van der Waals surface area contributed by atoms with Crippen molar-refractivity contribution in [2.45, 2.75) is 11.3 Å². The second-order valence-corrected chi connectivity index (χ2v) is 4.88. The SMILES string of the molecule is CSc1c(O)cc(OC(F)(F)F)c(-c2ccccc2)c1O. The summed E-state index contributed by atoms with van der Waals surface area (Å²) in [4.78, 5) is 0.0865. The lowest BCUT2D eigenvalue weighted by molar-refractivity contribution is -0.274. The average Bonchev–Trinajstić information content (AvgIpc) is 2.38. The van der Waals surface area contributed by atoms with Crippen molar-refractivity contribution in [1.82, 2.24) is 0 Å². The predicted octanol–water partition coefficient (Wildman–Crippen LogP) is 4.39. The number of ether oxygens (including phenoxy) is 1. The van der Waals surface area contributed by atoms with Crippen LogP contribution in [0.3, 0.4) is 0 Å². The van der Waals surface area contributed by atoms with Gasteiger partial charge >= 0.3 is 6.36 Å². The van der Waals surface area contributed by atoms with E-state index in [4.69, 9.17) is 0 Å². The Morgan fingerprint density at radius 2 is 1.71 bits per heavy atom. The zero-order valence-electron chi connectivity index (χ0n) is 10.8. The first kappa shape index (κ1) is 15.4. The fourth-order valence-electron chi connectivity index (χ4n) is 1.90. The molecule has 0 aromatic heterocycles. The molecule has 0 saturated heterocycles. The lowest BCUT2D eigenvalue weighted by Crippen LogP contribution is -2.17. The predicted molar refractivity (Wildman–Crippen MR) is 73.7 cm³/mol. The van der Waals surface area contributed by atoms with Crippen molar-refractivity contribution in [2.75, 3.05) is 6.26 Å². The van der Waals surface area contributed by atoms with Crippen LogP contribution < -0.4 is 4.74 Å². The van der Waals surface area contributed by atoms with E-state index in [2.05, 4.69) is 4.74 Å². The summed E-state index contributed by atoms with van der Waals surface area (Å²) in [6.45, 7) is 0. The van der Waals surface area contributed by atoms with Crippen LogP contribution in [0.2, 0.25) is 0 Å². The third-order valence-electron chi connectivity index (χ3n) is 2.69. The topological polar surface area (TPSA) is 49.7 Å². The van der Waals surface area contributed by atoms with Gasteiger partial charge in [0.05, 0.1) is 10.5 Å². The van der Waals surface area contributed by atoms with Crippen molar-refractivity contribution >= 4 is 11.8 Å². The molecule has 0 amide bonds. The molecule has 2 aromatic carbocycles. The van der Waals surface area contributed by atoms with Gasteiger partial charge in [0.2, 0.25) is 0 Å². The van der Waals surface area contributed by atoms with Gasteiger partial charge in [0.15, 0.2) is 0 Å². The van der Waals surface area contributed by atoms with E-state index >= 15 is 0 Å². The van der Waals surface area contributed by atoms with Crippen LogP contribution in [-0.2, 0) is 0 Å². The molecule has 0 aliphatic carbocycles. The van der Waals surface area contributed by atoms with Crippen LogP contribution in [0.25, 0.3) is 11.1 Å². The van der Waals surface area contributed by atoms with Crippen LogP contribution in [0.15, 0.2) is 41.3 Å². The molecule has 7 heteroatoms. The molecule has 0 unspecified atom stereocenters. The second-order valence-electron chi connectivity index (χ2n) is 4.06. The van der Waals surface area contributed by atoms with Crippen molar-refractivity contribution < 1.29 is 28.1 Å². The lowest BCUT2D eigenvalue weighted by Gasteiger charge is -2.17. The molecule has 21 heavy (non-hydrogen) atoms. The number of halogens is 3. The standard InChI is InChI=1S/C14H11F3O3S/c1-21-13-9(18)7-10(20-14(15,16)17)11(12(13)19)8-5-3-2-4-6-8/h2-7,18-19H,1H3. The second kappa shape index (κ2) is 5.77. The van der Waals surface area contributed by atoms with Gasteiger partial charge in [-0.25, -0.2) is 0 Å². The highest BCUT2D eigenvalue weighted by Gasteiger charge is 2.34. The molecule has 0 bridgehead atoms. The number of thioether (sulfide) groups is 1. The van der Waals surface area contributed by atoms with E-state index in [0.717, 1.165) is 17.8 Å². The summed E-state index contributed by atoms with van der Waals surface area (Å²) in [5, 5.41) is 19.9. The van der Waals surface area contributed by atoms with Gasteiger partial charge in [-0.3, -0.25) is 0 Å². The fourth-order valence-corrected chi connectivity index (χ4v) is 2.47. The van der Waals surface area contributed by atoms with E-state index in [1.807, 2.05) is 0 Å². The van der Waals surface area contributed by atoms with Crippen LogP contribution in [0.4, 0.5) is 13.2 Å². The number of phenols is 2. The number of hydrogen-bond acceptors (Lipinski definition) is 4. The molecule has 0 atom stereocenters. The Labute approximate surface area is 123 Å². The van der Waals surface area contributed by atoms with Crippen LogP contribution in [0.1, 0.15) is 0 Å². The van der Waals surface area contributed by atoms with Crippen LogP contribution in [-0.4, -0.2) is 22.8 Å². The van der Waals surface area contributed by atoms with Crippen molar-refractivity contribution in [3.05, 3.63) is 36.4 Å². The molecule has 0 aliphatic heterocycles. The minimum absolute atomic E-state index is 0.0865. The van der Waals surface area contributed by atoms with E-state index < -0.39 is 23.6 Å². The normalized spacial score (nSPS) is 11.4. The third kappa shape index (κ3) is 3.36. The van der Waals surface area contributed by atoms with Crippen LogP contribution in [0.5, 0.6) is 17.2 Å². The highest BCUT2D eigenvalue weighted by Crippen LogP contribution is 2.49. The molecule has 0 radical (unpaired) electrons. The number of hydrogen-bond donors (Lipinski definition) is 2. The Kier molecular flexibility index (Phi) is 4.22.